The summed E-state index contributed by atoms with van der Waals surface area (Å²) in [5, 5.41) is 41.2. The average Bonchev–Trinajstić information content (AvgIpc) is 1.98. The van der Waals surface area contributed by atoms with Gasteiger partial charge in [0.05, 0.1) is 12.8 Å². The second-order valence-corrected chi connectivity index (χ2v) is 3.00. The molecule has 0 aliphatic heterocycles. The second-order valence-electron chi connectivity index (χ2n) is 3.00. The molecule has 0 amide bonds. The molecule has 0 heterocycles. The van der Waals surface area contributed by atoms with Crippen molar-refractivity contribution in [2.45, 2.75) is 25.4 Å². The van der Waals surface area contributed by atoms with Gasteiger partial charge < -0.3 is 25.5 Å². The number of carboxylic acids is 4. The van der Waals surface area contributed by atoms with Gasteiger partial charge in [0.1, 0.15) is 0 Å². The molecule has 9 nitrogen and oxygen atoms in total. The van der Waals surface area contributed by atoms with E-state index in [0.717, 1.165) is 6.92 Å². The van der Waals surface area contributed by atoms with Crippen LogP contribution in [-0.4, -0.2) is 84.6 Å². The molecule has 0 aliphatic rings. The number of aliphatic carboxylic acids is 4. The third-order valence-electron chi connectivity index (χ3n) is 1.29. The van der Waals surface area contributed by atoms with Crippen molar-refractivity contribution in [2.24, 2.45) is 0 Å². The Kier molecular flexibility index (Phi) is 12.0. The summed E-state index contributed by atoms with van der Waals surface area (Å²) in [5.74, 6) is -5.85. The predicted octanol–water partition coefficient (Wildman–Crippen LogP) is -1.81. The molecule has 0 bridgehead atoms. The Morgan fingerprint density at radius 1 is 0.889 bits per heavy atom. The van der Waals surface area contributed by atoms with Crippen molar-refractivity contribution in [3.8, 4) is 0 Å². The maximum absolute atomic E-state index is 10.3. The van der Waals surface area contributed by atoms with Gasteiger partial charge in [-0.1, -0.05) is 0 Å². The van der Waals surface area contributed by atoms with Crippen molar-refractivity contribution in [1.82, 2.24) is 0 Å². The number of rotatable bonds is 5. The summed E-state index contributed by atoms with van der Waals surface area (Å²) in [6, 6.07) is 0. The molecular weight excluding hydrogens is 263 g/mol. The Morgan fingerprint density at radius 2 is 1.11 bits per heavy atom. The van der Waals surface area contributed by atoms with Gasteiger partial charge in [-0.15, -0.1) is 0 Å². The molecule has 18 heavy (non-hydrogen) atoms. The Morgan fingerprint density at radius 3 is 1.22 bits per heavy atom. The van der Waals surface area contributed by atoms with E-state index in [1.54, 1.807) is 0 Å². The zero-order valence-corrected chi connectivity index (χ0v) is 8.78. The molecule has 0 radical (unpaired) electrons. The molecule has 10 heteroatoms. The van der Waals surface area contributed by atoms with Gasteiger partial charge in [0.25, 0.3) is 5.97 Å². The van der Waals surface area contributed by atoms with E-state index in [1.807, 2.05) is 0 Å². The van der Waals surface area contributed by atoms with Crippen LogP contribution in [0.5, 0.6) is 0 Å². The van der Waals surface area contributed by atoms with Gasteiger partial charge in [0.2, 0.25) is 0 Å². The van der Waals surface area contributed by atoms with E-state index < -0.39 is 42.3 Å². The summed E-state index contributed by atoms with van der Waals surface area (Å²) < 4.78 is 0. The normalized spacial score (nSPS) is 9.22. The van der Waals surface area contributed by atoms with Gasteiger partial charge in [-0.3, -0.25) is 14.4 Å². The minimum absolute atomic E-state index is 0. The van der Waals surface area contributed by atoms with Crippen LogP contribution in [0.2, 0.25) is 0 Å². The Hall–Kier alpha value is -1.16. The monoisotopic (exact) mass is 276 g/mol. The standard InChI is InChI=1S/C6H8O7.C2H4O2.Na.H/c7-3(8)1-6(13,5(11)12)2-4(9)10;1-2(3)4;;/h13H,1-2H2,(H,7,8)(H,9,10)(H,11,12);1H3,(H,3,4);;. The second kappa shape index (κ2) is 9.83. The van der Waals surface area contributed by atoms with Gasteiger partial charge in [-0.25, -0.2) is 4.79 Å². The molecule has 0 spiro atoms. The first-order chi connectivity index (χ1) is 7.51. The number of aliphatic hydroxyl groups is 1. The van der Waals surface area contributed by atoms with Crippen molar-refractivity contribution in [3.05, 3.63) is 0 Å². The van der Waals surface area contributed by atoms with Gasteiger partial charge in [0.15, 0.2) is 5.60 Å². The predicted molar refractivity (Wildman–Crippen MR) is 57.6 cm³/mol. The summed E-state index contributed by atoms with van der Waals surface area (Å²) in [7, 11) is 0. The van der Waals surface area contributed by atoms with Crippen LogP contribution in [0.3, 0.4) is 0 Å². The van der Waals surface area contributed by atoms with Gasteiger partial charge >= 0.3 is 47.5 Å². The third kappa shape index (κ3) is 12.9. The minimum atomic E-state index is -2.74. The number of hydrogen-bond acceptors (Lipinski definition) is 5. The van der Waals surface area contributed by atoms with Crippen molar-refractivity contribution in [3.63, 3.8) is 0 Å². The molecule has 0 unspecified atom stereocenters. The molecule has 0 aromatic carbocycles. The zero-order valence-electron chi connectivity index (χ0n) is 8.78. The van der Waals surface area contributed by atoms with Crippen molar-refractivity contribution >= 4 is 53.4 Å². The summed E-state index contributed by atoms with van der Waals surface area (Å²) >= 11 is 0. The van der Waals surface area contributed by atoms with Gasteiger partial charge in [-0.2, -0.15) is 0 Å². The van der Waals surface area contributed by atoms with E-state index >= 15 is 0 Å². The van der Waals surface area contributed by atoms with Crippen molar-refractivity contribution in [2.75, 3.05) is 0 Å². The molecule has 0 aliphatic carbocycles. The Labute approximate surface area is 123 Å². The van der Waals surface area contributed by atoms with Crippen LogP contribution in [-0.2, 0) is 19.2 Å². The first kappa shape index (κ1) is 22.1. The van der Waals surface area contributed by atoms with Gasteiger partial charge in [0, 0.05) is 6.92 Å². The van der Waals surface area contributed by atoms with Crippen molar-refractivity contribution < 1.29 is 44.7 Å². The maximum atomic E-state index is 10.3. The molecule has 0 aromatic rings. The molecule has 0 atom stereocenters. The fourth-order valence-electron chi connectivity index (χ4n) is 0.714. The van der Waals surface area contributed by atoms with Crippen LogP contribution in [0, 0.1) is 0 Å². The molecule has 0 saturated carbocycles. The Balaban J connectivity index is -0.000000392. The quantitative estimate of drug-likeness (QED) is 0.363. The van der Waals surface area contributed by atoms with Crippen LogP contribution in [0.25, 0.3) is 0 Å². The fourth-order valence-corrected chi connectivity index (χ4v) is 0.714. The van der Waals surface area contributed by atoms with E-state index in [1.165, 1.54) is 0 Å². The topological polar surface area (TPSA) is 169 Å². The number of carboxylic acid groups (broad SMARTS) is 4. The molecule has 5 N–H and O–H groups in total. The van der Waals surface area contributed by atoms with Crippen LogP contribution in [0.1, 0.15) is 19.8 Å². The summed E-state index contributed by atoms with van der Waals surface area (Å²) in [6.07, 6.45) is -2.29. The first-order valence-electron chi connectivity index (χ1n) is 4.10. The molecular formula is C8H13NaO9. The van der Waals surface area contributed by atoms with Gasteiger partial charge in [-0.05, 0) is 0 Å². The van der Waals surface area contributed by atoms with E-state index in [-0.39, 0.29) is 29.6 Å². The molecule has 0 rings (SSSR count). The molecule has 0 aromatic heterocycles. The number of carbonyl (C=O) groups is 4. The van der Waals surface area contributed by atoms with Crippen LogP contribution >= 0.6 is 0 Å². The number of hydrogen-bond donors (Lipinski definition) is 5. The summed E-state index contributed by atoms with van der Waals surface area (Å²) in [4.78, 5) is 39.5. The first-order valence-corrected chi connectivity index (χ1v) is 4.10. The average molecular weight is 276 g/mol. The van der Waals surface area contributed by atoms with Crippen LogP contribution in [0.15, 0.2) is 0 Å². The van der Waals surface area contributed by atoms with Crippen LogP contribution < -0.4 is 0 Å². The molecule has 100 valence electrons. The van der Waals surface area contributed by atoms with E-state index in [0.29, 0.717) is 0 Å². The molecule has 0 fully saturated rings. The SMILES string of the molecule is CC(=O)O.O=C(O)CC(O)(CC(=O)O)C(=O)O.[NaH]. The van der Waals surface area contributed by atoms with Crippen LogP contribution in [0.4, 0.5) is 0 Å². The van der Waals surface area contributed by atoms with Crippen molar-refractivity contribution in [1.29, 1.82) is 0 Å². The zero-order chi connectivity index (χ0) is 14.2. The van der Waals surface area contributed by atoms with E-state index in [9.17, 15) is 14.4 Å². The molecule has 0 saturated heterocycles. The third-order valence-corrected chi connectivity index (χ3v) is 1.29. The van der Waals surface area contributed by atoms with E-state index in [2.05, 4.69) is 0 Å². The summed E-state index contributed by atoms with van der Waals surface area (Å²) in [5.41, 5.74) is -2.74. The van der Waals surface area contributed by atoms with E-state index in [4.69, 9.17) is 30.3 Å². The Bertz CT molecular complexity index is 305. The summed E-state index contributed by atoms with van der Waals surface area (Å²) in [6.45, 7) is 1.08. The fraction of sp³-hybridized carbons (Fsp3) is 0.500.